The van der Waals surface area contributed by atoms with Crippen molar-refractivity contribution in [2.45, 2.75) is 22.8 Å². The molecule has 0 saturated carbocycles. The molecule has 2 aromatic rings. The molecule has 1 aliphatic heterocycles. The lowest BCUT2D eigenvalue weighted by molar-refractivity contribution is 0.109. The van der Waals surface area contributed by atoms with Gasteiger partial charge in [0.05, 0.1) is 9.79 Å². The molecular weight excluding hydrogens is 286 g/mol. The Kier molecular flexibility index (Phi) is 3.75. The summed E-state index contributed by atoms with van der Waals surface area (Å²) >= 11 is 1.66. The van der Waals surface area contributed by atoms with E-state index in [1.807, 2.05) is 49.4 Å². The Morgan fingerprint density at radius 1 is 1.19 bits per heavy atom. The molecule has 0 spiro atoms. The second-order valence-electron chi connectivity index (χ2n) is 4.65. The minimum atomic E-state index is -0.436. The molecule has 108 valence electrons. The number of carbonyl (C=O) groups is 1. The molecule has 3 rings (SSSR count). The molecule has 1 aliphatic rings. The van der Waals surface area contributed by atoms with Gasteiger partial charge in [0.25, 0.3) is 0 Å². The van der Waals surface area contributed by atoms with Crippen molar-refractivity contribution < 1.29 is 14.3 Å². The Morgan fingerprint density at radius 2 is 1.95 bits per heavy atom. The van der Waals surface area contributed by atoms with Gasteiger partial charge in [-0.05, 0) is 36.8 Å². The third-order valence-corrected chi connectivity index (χ3v) is 4.31. The van der Waals surface area contributed by atoms with Gasteiger partial charge in [-0.2, -0.15) is 0 Å². The third kappa shape index (κ3) is 2.83. The van der Waals surface area contributed by atoms with Crippen LogP contribution in [0.4, 0.5) is 4.79 Å². The molecule has 0 radical (unpaired) electrons. The summed E-state index contributed by atoms with van der Waals surface area (Å²) in [4.78, 5) is 13.4. The minimum Gasteiger partial charge on any atom is -0.455 e. The van der Waals surface area contributed by atoms with Crippen LogP contribution in [0.25, 0.3) is 0 Å². The van der Waals surface area contributed by atoms with E-state index in [0.717, 1.165) is 26.9 Å². The van der Waals surface area contributed by atoms with E-state index in [-0.39, 0.29) is 6.10 Å². The summed E-state index contributed by atoms with van der Waals surface area (Å²) in [6, 6.07) is 13.8. The first-order chi connectivity index (χ1) is 10.2. The lowest BCUT2D eigenvalue weighted by atomic mass is 10.1. The molecule has 2 aromatic carbocycles. The van der Waals surface area contributed by atoms with Crippen molar-refractivity contribution >= 4 is 17.9 Å². The van der Waals surface area contributed by atoms with E-state index in [1.54, 1.807) is 18.8 Å². The summed E-state index contributed by atoms with van der Waals surface area (Å²) in [5, 5.41) is 2.45. The van der Waals surface area contributed by atoms with Crippen LogP contribution >= 0.6 is 11.8 Å². The zero-order valence-electron chi connectivity index (χ0n) is 11.8. The molecule has 4 nitrogen and oxygen atoms in total. The normalized spacial score (nSPS) is 13.4. The van der Waals surface area contributed by atoms with Crippen LogP contribution in [-0.2, 0) is 4.74 Å². The quantitative estimate of drug-likeness (QED) is 0.764. The standard InChI is InChI=1S/C16H15NO3S/c1-10(19-16(18)17-2)11-7-8-13-15(9-11)21-14-6-4-3-5-12(14)20-13/h3-10H,1-2H3,(H,17,18). The van der Waals surface area contributed by atoms with Gasteiger partial charge in [-0.3, -0.25) is 0 Å². The van der Waals surface area contributed by atoms with E-state index >= 15 is 0 Å². The van der Waals surface area contributed by atoms with E-state index < -0.39 is 6.09 Å². The Labute approximate surface area is 127 Å². The summed E-state index contributed by atoms with van der Waals surface area (Å²) in [5.41, 5.74) is 0.938. The second-order valence-corrected chi connectivity index (χ2v) is 5.74. The maximum Gasteiger partial charge on any atom is 0.407 e. The average Bonchev–Trinajstić information content (AvgIpc) is 2.52. The number of para-hydroxylation sites is 1. The average molecular weight is 301 g/mol. The fourth-order valence-corrected chi connectivity index (χ4v) is 3.08. The van der Waals surface area contributed by atoms with Crippen molar-refractivity contribution in [3.8, 4) is 11.5 Å². The zero-order valence-corrected chi connectivity index (χ0v) is 12.6. The lowest BCUT2D eigenvalue weighted by Gasteiger charge is -2.21. The first-order valence-corrected chi connectivity index (χ1v) is 7.46. The van der Waals surface area contributed by atoms with Crippen molar-refractivity contribution in [1.82, 2.24) is 5.32 Å². The molecule has 0 aliphatic carbocycles. The maximum atomic E-state index is 11.3. The SMILES string of the molecule is CNC(=O)OC(C)c1ccc2c(c1)Sc1ccccc1O2. The van der Waals surface area contributed by atoms with Gasteiger partial charge >= 0.3 is 6.09 Å². The highest BCUT2D eigenvalue weighted by molar-refractivity contribution is 7.99. The zero-order chi connectivity index (χ0) is 14.8. The number of amides is 1. The number of alkyl carbamates (subject to hydrolysis) is 1. The smallest absolute Gasteiger partial charge is 0.407 e. The van der Waals surface area contributed by atoms with Crippen molar-refractivity contribution in [1.29, 1.82) is 0 Å². The van der Waals surface area contributed by atoms with E-state index in [0.29, 0.717) is 0 Å². The van der Waals surface area contributed by atoms with E-state index in [9.17, 15) is 4.79 Å². The van der Waals surface area contributed by atoms with Gasteiger partial charge in [0.15, 0.2) is 0 Å². The van der Waals surface area contributed by atoms with Crippen molar-refractivity contribution in [2.24, 2.45) is 0 Å². The third-order valence-electron chi connectivity index (χ3n) is 3.21. The number of carbonyl (C=O) groups excluding carboxylic acids is 1. The van der Waals surface area contributed by atoms with Crippen LogP contribution in [0.2, 0.25) is 0 Å². The van der Waals surface area contributed by atoms with Gasteiger partial charge in [-0.1, -0.05) is 30.0 Å². The molecule has 5 heteroatoms. The first kappa shape index (κ1) is 13.8. The number of nitrogens with one attached hydrogen (secondary N) is 1. The summed E-state index contributed by atoms with van der Waals surface area (Å²) < 4.78 is 11.1. The predicted octanol–water partition coefficient (Wildman–Crippen LogP) is 4.36. The molecule has 1 heterocycles. The molecule has 0 saturated heterocycles. The molecule has 21 heavy (non-hydrogen) atoms. The molecule has 1 atom stereocenters. The van der Waals surface area contributed by atoms with Crippen LogP contribution in [0.1, 0.15) is 18.6 Å². The van der Waals surface area contributed by atoms with Crippen molar-refractivity contribution in [3.63, 3.8) is 0 Å². The number of hydrogen-bond donors (Lipinski definition) is 1. The maximum absolute atomic E-state index is 11.3. The fourth-order valence-electron chi connectivity index (χ4n) is 2.08. The van der Waals surface area contributed by atoms with E-state index in [2.05, 4.69) is 5.32 Å². The molecular formula is C16H15NO3S. The molecule has 0 aromatic heterocycles. The Balaban J connectivity index is 1.85. The van der Waals surface area contributed by atoms with Crippen LogP contribution in [0.15, 0.2) is 52.3 Å². The second kappa shape index (κ2) is 5.69. The monoisotopic (exact) mass is 301 g/mol. The Hall–Kier alpha value is -2.14. The van der Waals surface area contributed by atoms with Gasteiger partial charge in [0, 0.05) is 7.05 Å². The van der Waals surface area contributed by atoms with Gasteiger partial charge in [0.2, 0.25) is 0 Å². The van der Waals surface area contributed by atoms with Gasteiger partial charge in [-0.25, -0.2) is 4.79 Å². The Morgan fingerprint density at radius 3 is 2.76 bits per heavy atom. The number of fused-ring (bicyclic) bond motifs is 2. The predicted molar refractivity (Wildman–Crippen MR) is 81.0 cm³/mol. The minimum absolute atomic E-state index is 0.312. The highest BCUT2D eigenvalue weighted by Crippen LogP contribution is 2.47. The summed E-state index contributed by atoms with van der Waals surface area (Å²) in [5.74, 6) is 1.70. The summed E-state index contributed by atoms with van der Waals surface area (Å²) in [6.45, 7) is 1.85. The number of hydrogen-bond acceptors (Lipinski definition) is 4. The Bertz CT molecular complexity index is 687. The molecule has 1 amide bonds. The fraction of sp³-hybridized carbons (Fsp3) is 0.188. The number of ether oxygens (including phenoxy) is 2. The van der Waals surface area contributed by atoms with Crippen molar-refractivity contribution in [3.05, 3.63) is 48.0 Å². The number of rotatable bonds is 2. The first-order valence-electron chi connectivity index (χ1n) is 6.64. The number of benzene rings is 2. The van der Waals surface area contributed by atoms with E-state index in [1.165, 1.54) is 0 Å². The topological polar surface area (TPSA) is 47.6 Å². The van der Waals surface area contributed by atoms with Crippen LogP contribution < -0.4 is 10.1 Å². The van der Waals surface area contributed by atoms with Crippen molar-refractivity contribution in [2.75, 3.05) is 7.05 Å². The van der Waals surface area contributed by atoms with Gasteiger partial charge in [-0.15, -0.1) is 0 Å². The lowest BCUT2D eigenvalue weighted by Crippen LogP contribution is -2.20. The molecule has 1 N–H and O–H groups in total. The van der Waals surface area contributed by atoms with E-state index in [4.69, 9.17) is 9.47 Å². The highest BCUT2D eigenvalue weighted by Gasteiger charge is 2.19. The molecule has 1 unspecified atom stereocenters. The van der Waals surface area contributed by atoms with Gasteiger partial charge in [0.1, 0.15) is 17.6 Å². The van der Waals surface area contributed by atoms with Crippen LogP contribution in [0, 0.1) is 0 Å². The van der Waals surface area contributed by atoms with Gasteiger partial charge < -0.3 is 14.8 Å². The van der Waals surface area contributed by atoms with Crippen LogP contribution in [-0.4, -0.2) is 13.1 Å². The summed E-state index contributed by atoms with van der Waals surface area (Å²) in [7, 11) is 1.54. The summed E-state index contributed by atoms with van der Waals surface area (Å²) in [6.07, 6.45) is -0.748. The molecule has 0 bridgehead atoms. The largest absolute Gasteiger partial charge is 0.455 e. The highest BCUT2D eigenvalue weighted by atomic mass is 32.2. The molecule has 0 fully saturated rings. The van der Waals surface area contributed by atoms with Crippen LogP contribution in [0.5, 0.6) is 11.5 Å². The van der Waals surface area contributed by atoms with Crippen LogP contribution in [0.3, 0.4) is 0 Å².